The average Bonchev–Trinajstić information content (AvgIpc) is 2.42. The highest BCUT2D eigenvalue weighted by Crippen LogP contribution is 2.19. The fraction of sp³-hybridized carbons (Fsp3) is 0.571. The first kappa shape index (κ1) is 16.4. The molecule has 0 amide bonds. The molecule has 0 spiro atoms. The van der Waals surface area contributed by atoms with E-state index >= 15 is 0 Å². The summed E-state index contributed by atoms with van der Waals surface area (Å²) in [5.74, 6) is -0.400. The Morgan fingerprint density at radius 1 is 1.37 bits per heavy atom. The van der Waals surface area contributed by atoms with Crippen LogP contribution in [0.1, 0.15) is 25.5 Å². The fourth-order valence-corrected chi connectivity index (χ4v) is 2.12. The number of benzene rings is 1. The van der Waals surface area contributed by atoms with Crippen molar-refractivity contribution in [2.45, 2.75) is 19.9 Å². The van der Waals surface area contributed by atoms with Crippen molar-refractivity contribution < 1.29 is 4.39 Å². The van der Waals surface area contributed by atoms with Gasteiger partial charge in [-0.05, 0) is 30.8 Å². The summed E-state index contributed by atoms with van der Waals surface area (Å²) < 4.78 is 13.4. The first-order valence-corrected chi connectivity index (χ1v) is 7.10. The monoisotopic (exact) mass is 287 g/mol. The molecule has 1 aromatic rings. The predicted octanol–water partition coefficient (Wildman–Crippen LogP) is 2.41. The summed E-state index contributed by atoms with van der Waals surface area (Å²) in [5, 5.41) is 3.50. The minimum Gasteiger partial charge on any atom is -0.329 e. The molecule has 0 aliphatic rings. The summed E-state index contributed by atoms with van der Waals surface area (Å²) in [5.41, 5.74) is 6.58. The molecular weight excluding hydrogens is 265 g/mol. The summed E-state index contributed by atoms with van der Waals surface area (Å²) in [7, 11) is 0. The second kappa shape index (κ2) is 8.48. The van der Waals surface area contributed by atoms with E-state index in [1.54, 1.807) is 6.07 Å². The molecule has 0 aromatic heterocycles. The van der Waals surface area contributed by atoms with Gasteiger partial charge in [-0.25, -0.2) is 4.39 Å². The summed E-state index contributed by atoms with van der Waals surface area (Å²) in [6.07, 6.45) is 0. The first-order valence-electron chi connectivity index (χ1n) is 6.73. The molecule has 5 heteroatoms. The zero-order chi connectivity index (χ0) is 14.3. The highest BCUT2D eigenvalue weighted by molar-refractivity contribution is 6.30. The fourth-order valence-electron chi connectivity index (χ4n) is 2.00. The van der Waals surface area contributed by atoms with Gasteiger partial charge >= 0.3 is 0 Å². The van der Waals surface area contributed by atoms with E-state index in [1.807, 2.05) is 6.07 Å². The predicted molar refractivity (Wildman–Crippen MR) is 79.0 cm³/mol. The summed E-state index contributed by atoms with van der Waals surface area (Å²) in [6.45, 7) is 8.55. The summed E-state index contributed by atoms with van der Waals surface area (Å²) in [4.78, 5) is 2.32. The highest BCUT2D eigenvalue weighted by atomic mass is 35.5. The molecule has 0 radical (unpaired) electrons. The van der Waals surface area contributed by atoms with Gasteiger partial charge in [-0.15, -0.1) is 0 Å². The Hall–Kier alpha value is -0.680. The van der Waals surface area contributed by atoms with Crippen LogP contribution < -0.4 is 11.1 Å². The van der Waals surface area contributed by atoms with Crippen LogP contribution in [0, 0.1) is 5.82 Å². The lowest BCUT2D eigenvalue weighted by atomic mass is 10.1. The van der Waals surface area contributed by atoms with Crippen molar-refractivity contribution in [3.8, 4) is 0 Å². The first-order chi connectivity index (χ1) is 9.12. The van der Waals surface area contributed by atoms with Gasteiger partial charge in [-0.2, -0.15) is 0 Å². The van der Waals surface area contributed by atoms with Crippen molar-refractivity contribution in [2.24, 2.45) is 5.73 Å². The molecule has 3 nitrogen and oxygen atoms in total. The van der Waals surface area contributed by atoms with Gasteiger partial charge in [0.05, 0.1) is 5.02 Å². The molecule has 1 atom stereocenters. The third-order valence-electron chi connectivity index (χ3n) is 3.29. The maximum Gasteiger partial charge on any atom is 0.142 e. The third-order valence-corrected chi connectivity index (χ3v) is 3.60. The topological polar surface area (TPSA) is 41.3 Å². The van der Waals surface area contributed by atoms with Gasteiger partial charge in [0, 0.05) is 25.7 Å². The Bertz CT molecular complexity index is 383. The van der Waals surface area contributed by atoms with E-state index in [4.69, 9.17) is 17.3 Å². The maximum atomic E-state index is 13.4. The third kappa shape index (κ3) is 5.07. The van der Waals surface area contributed by atoms with E-state index in [0.29, 0.717) is 6.54 Å². The van der Waals surface area contributed by atoms with Crippen molar-refractivity contribution >= 4 is 11.6 Å². The average molecular weight is 288 g/mol. The van der Waals surface area contributed by atoms with Crippen LogP contribution >= 0.6 is 11.6 Å². The molecule has 19 heavy (non-hydrogen) atoms. The SMILES string of the molecule is CCN(CC)CCNC(CN)c1ccc(Cl)c(F)c1. The minimum absolute atomic E-state index is 0.0395. The van der Waals surface area contributed by atoms with Gasteiger partial charge in [-0.3, -0.25) is 0 Å². The Kier molecular flexibility index (Phi) is 7.31. The molecule has 0 heterocycles. The number of halogens is 2. The van der Waals surface area contributed by atoms with Crippen LogP contribution in [0.15, 0.2) is 18.2 Å². The molecule has 0 fully saturated rings. The molecular formula is C14H23ClFN3. The Morgan fingerprint density at radius 3 is 2.58 bits per heavy atom. The van der Waals surface area contributed by atoms with E-state index in [1.165, 1.54) is 6.07 Å². The normalized spacial score (nSPS) is 12.9. The largest absolute Gasteiger partial charge is 0.329 e. The van der Waals surface area contributed by atoms with Crippen LogP contribution in [-0.2, 0) is 0 Å². The van der Waals surface area contributed by atoms with Gasteiger partial charge in [0.2, 0.25) is 0 Å². The maximum absolute atomic E-state index is 13.4. The van der Waals surface area contributed by atoms with E-state index in [2.05, 4.69) is 24.1 Å². The van der Waals surface area contributed by atoms with Gasteiger partial charge in [0.15, 0.2) is 0 Å². The van der Waals surface area contributed by atoms with Crippen LogP contribution in [-0.4, -0.2) is 37.6 Å². The van der Waals surface area contributed by atoms with E-state index < -0.39 is 5.82 Å². The molecule has 0 saturated heterocycles. The van der Waals surface area contributed by atoms with Crippen LogP contribution in [0.25, 0.3) is 0 Å². The number of nitrogens with zero attached hydrogens (tertiary/aromatic N) is 1. The van der Waals surface area contributed by atoms with E-state index in [9.17, 15) is 4.39 Å². The lowest BCUT2D eigenvalue weighted by Crippen LogP contribution is -2.36. The molecule has 1 unspecified atom stereocenters. The summed E-state index contributed by atoms with van der Waals surface area (Å²) >= 11 is 5.68. The Morgan fingerprint density at radius 2 is 2.05 bits per heavy atom. The quantitative estimate of drug-likeness (QED) is 0.771. The van der Waals surface area contributed by atoms with Crippen LogP contribution in [0.2, 0.25) is 5.02 Å². The zero-order valence-corrected chi connectivity index (χ0v) is 12.4. The van der Waals surface area contributed by atoms with Gasteiger partial charge in [-0.1, -0.05) is 31.5 Å². The molecule has 0 saturated carbocycles. The smallest absolute Gasteiger partial charge is 0.142 e. The van der Waals surface area contributed by atoms with Crippen molar-refractivity contribution in [1.82, 2.24) is 10.2 Å². The second-order valence-electron chi connectivity index (χ2n) is 4.44. The highest BCUT2D eigenvalue weighted by Gasteiger charge is 2.11. The molecule has 0 bridgehead atoms. The van der Waals surface area contributed by atoms with E-state index in [-0.39, 0.29) is 11.1 Å². The van der Waals surface area contributed by atoms with Crippen molar-refractivity contribution in [3.63, 3.8) is 0 Å². The molecule has 3 N–H and O–H groups in total. The Labute approximate surface area is 119 Å². The molecule has 0 aliphatic carbocycles. The molecule has 1 aromatic carbocycles. The van der Waals surface area contributed by atoms with Crippen LogP contribution in [0.3, 0.4) is 0 Å². The Balaban J connectivity index is 2.55. The minimum atomic E-state index is -0.400. The lowest BCUT2D eigenvalue weighted by molar-refractivity contribution is 0.297. The van der Waals surface area contributed by atoms with Crippen molar-refractivity contribution in [1.29, 1.82) is 0 Å². The van der Waals surface area contributed by atoms with Gasteiger partial charge < -0.3 is 16.0 Å². The number of hydrogen-bond acceptors (Lipinski definition) is 3. The molecule has 108 valence electrons. The number of hydrogen-bond donors (Lipinski definition) is 2. The number of likely N-dealkylation sites (N-methyl/N-ethyl adjacent to an activating group) is 1. The standard InChI is InChI=1S/C14H23ClFN3/c1-3-19(4-2)8-7-18-14(10-17)11-5-6-12(15)13(16)9-11/h5-6,9,14,18H,3-4,7-8,10,17H2,1-2H3. The number of nitrogens with one attached hydrogen (secondary N) is 1. The van der Waals surface area contributed by atoms with Gasteiger partial charge in [0.1, 0.15) is 5.82 Å². The molecule has 0 aliphatic heterocycles. The summed E-state index contributed by atoms with van der Waals surface area (Å²) in [6, 6.07) is 4.79. The second-order valence-corrected chi connectivity index (χ2v) is 4.85. The molecule has 1 rings (SSSR count). The van der Waals surface area contributed by atoms with Gasteiger partial charge in [0.25, 0.3) is 0 Å². The number of rotatable bonds is 8. The van der Waals surface area contributed by atoms with Crippen LogP contribution in [0.5, 0.6) is 0 Å². The van der Waals surface area contributed by atoms with E-state index in [0.717, 1.165) is 31.7 Å². The van der Waals surface area contributed by atoms with Crippen molar-refractivity contribution in [2.75, 3.05) is 32.7 Å². The lowest BCUT2D eigenvalue weighted by Gasteiger charge is -2.22. The van der Waals surface area contributed by atoms with Crippen LogP contribution in [0.4, 0.5) is 4.39 Å². The number of nitrogens with two attached hydrogens (primary N) is 1. The van der Waals surface area contributed by atoms with Crippen molar-refractivity contribution in [3.05, 3.63) is 34.6 Å². The zero-order valence-electron chi connectivity index (χ0n) is 11.6.